The van der Waals surface area contributed by atoms with E-state index in [1.54, 1.807) is 0 Å². The molecule has 1 aliphatic carbocycles. The molecule has 11 rings (SSSR count). The largest absolute Gasteiger partial charge is 0.456 e. The van der Waals surface area contributed by atoms with Crippen LogP contribution >= 0.6 is 0 Å². The first-order valence-electron chi connectivity index (χ1n) is 21.6. The molecular formula is C60H46O. The van der Waals surface area contributed by atoms with Crippen molar-refractivity contribution >= 4 is 21.9 Å². The van der Waals surface area contributed by atoms with Crippen LogP contribution in [0.1, 0.15) is 54.0 Å². The summed E-state index contributed by atoms with van der Waals surface area (Å²) in [5.74, 6) is 0.299. The van der Waals surface area contributed by atoms with Crippen LogP contribution in [0.4, 0.5) is 0 Å². The van der Waals surface area contributed by atoms with Crippen LogP contribution in [0.2, 0.25) is 0 Å². The highest BCUT2D eigenvalue weighted by Gasteiger charge is 2.36. The second-order valence-corrected chi connectivity index (χ2v) is 17.2. The summed E-state index contributed by atoms with van der Waals surface area (Å²) in [6, 6.07) is 77.9. The average molecular weight is 783 g/mol. The van der Waals surface area contributed by atoms with Crippen LogP contribution in [-0.2, 0) is 11.8 Å². The molecule has 9 aromatic carbocycles. The standard InChI is InChI=1S/C60H46O/c1-60(2)56-37-48(41-11-5-3-6-12-41)30-34-52(56)53-35-32-50(38-57(53)60)51(47-13-7-4-8-14-47)33-19-40-17-20-42(21-18-40)43-22-24-44(25-23-43)45-26-28-46(29-27-45)49-31-36-55-54-15-9-10-16-58(54)61-59(55)39-49/h3-18,20-32,34-39,51H,19,33H2,1-2H3. The molecule has 61 heavy (non-hydrogen) atoms. The highest BCUT2D eigenvalue weighted by molar-refractivity contribution is 6.05. The van der Waals surface area contributed by atoms with Crippen LogP contribution in [0.5, 0.6) is 0 Å². The Kier molecular flexibility index (Phi) is 9.12. The van der Waals surface area contributed by atoms with Gasteiger partial charge in [0.1, 0.15) is 11.2 Å². The molecule has 1 unspecified atom stereocenters. The van der Waals surface area contributed by atoms with E-state index in [0.717, 1.165) is 40.3 Å². The smallest absolute Gasteiger partial charge is 0.136 e. The molecule has 0 N–H and O–H groups in total. The summed E-state index contributed by atoms with van der Waals surface area (Å²) in [4.78, 5) is 0. The van der Waals surface area contributed by atoms with Crippen molar-refractivity contribution in [3.05, 3.63) is 240 Å². The summed E-state index contributed by atoms with van der Waals surface area (Å²) in [5, 5.41) is 2.31. The Balaban J connectivity index is 0.790. The van der Waals surface area contributed by atoms with E-state index >= 15 is 0 Å². The summed E-state index contributed by atoms with van der Waals surface area (Å²) in [6.45, 7) is 4.79. The first-order valence-corrected chi connectivity index (χ1v) is 21.6. The molecule has 0 bridgehead atoms. The minimum Gasteiger partial charge on any atom is -0.456 e. The molecule has 1 aromatic heterocycles. The van der Waals surface area contributed by atoms with E-state index in [-0.39, 0.29) is 5.41 Å². The number of hydrogen-bond acceptors (Lipinski definition) is 1. The van der Waals surface area contributed by atoms with Crippen molar-refractivity contribution in [3.63, 3.8) is 0 Å². The normalized spacial score (nSPS) is 13.3. The quantitative estimate of drug-likeness (QED) is 0.142. The van der Waals surface area contributed by atoms with Crippen molar-refractivity contribution in [3.8, 4) is 55.6 Å². The molecule has 0 fully saturated rings. The Bertz CT molecular complexity index is 3170. The molecule has 1 atom stereocenters. The van der Waals surface area contributed by atoms with Gasteiger partial charge in [0.2, 0.25) is 0 Å². The van der Waals surface area contributed by atoms with Gasteiger partial charge >= 0.3 is 0 Å². The Hall–Kier alpha value is -7.22. The van der Waals surface area contributed by atoms with Gasteiger partial charge in [-0.3, -0.25) is 0 Å². The molecule has 292 valence electrons. The number of fused-ring (bicyclic) bond motifs is 6. The summed E-state index contributed by atoms with van der Waals surface area (Å²) >= 11 is 0. The second-order valence-electron chi connectivity index (χ2n) is 17.2. The zero-order chi connectivity index (χ0) is 40.9. The van der Waals surface area contributed by atoms with E-state index in [1.165, 1.54) is 77.9 Å². The maximum absolute atomic E-state index is 6.15. The maximum atomic E-state index is 6.15. The fourth-order valence-electron chi connectivity index (χ4n) is 9.78. The van der Waals surface area contributed by atoms with Gasteiger partial charge in [-0.05, 0) is 121 Å². The van der Waals surface area contributed by atoms with Crippen LogP contribution in [0.25, 0.3) is 77.6 Å². The monoisotopic (exact) mass is 782 g/mol. The molecule has 1 heterocycles. The molecule has 1 nitrogen and oxygen atoms in total. The summed E-state index contributed by atoms with van der Waals surface area (Å²) < 4.78 is 6.15. The van der Waals surface area contributed by atoms with Crippen LogP contribution in [0.3, 0.4) is 0 Å². The molecule has 0 amide bonds. The lowest BCUT2D eigenvalue weighted by Gasteiger charge is -2.25. The van der Waals surface area contributed by atoms with Crippen molar-refractivity contribution in [1.29, 1.82) is 0 Å². The van der Waals surface area contributed by atoms with E-state index in [4.69, 9.17) is 4.42 Å². The number of rotatable bonds is 9. The van der Waals surface area contributed by atoms with Crippen LogP contribution in [-0.4, -0.2) is 0 Å². The lowest BCUT2D eigenvalue weighted by molar-refractivity contribution is 0.654. The predicted octanol–water partition coefficient (Wildman–Crippen LogP) is 16.3. The predicted molar refractivity (Wildman–Crippen MR) is 256 cm³/mol. The summed E-state index contributed by atoms with van der Waals surface area (Å²) in [6.07, 6.45) is 2.04. The van der Waals surface area contributed by atoms with E-state index in [0.29, 0.717) is 5.92 Å². The van der Waals surface area contributed by atoms with Gasteiger partial charge in [-0.15, -0.1) is 0 Å². The number of benzene rings is 9. The molecule has 0 saturated carbocycles. The Morgan fingerprint density at radius 1 is 0.377 bits per heavy atom. The minimum absolute atomic E-state index is 0.0847. The van der Waals surface area contributed by atoms with Gasteiger partial charge in [0.05, 0.1) is 0 Å². The molecule has 0 saturated heterocycles. The molecule has 0 radical (unpaired) electrons. The maximum Gasteiger partial charge on any atom is 0.136 e. The fraction of sp³-hybridized carbons (Fsp3) is 0.100. The third kappa shape index (κ3) is 6.77. The van der Waals surface area contributed by atoms with Crippen LogP contribution < -0.4 is 0 Å². The third-order valence-corrected chi connectivity index (χ3v) is 13.2. The Morgan fingerprint density at radius 3 is 1.52 bits per heavy atom. The van der Waals surface area contributed by atoms with Gasteiger partial charge in [0, 0.05) is 22.1 Å². The number of furan rings is 1. The highest BCUT2D eigenvalue weighted by atomic mass is 16.3. The first kappa shape index (κ1) is 36.8. The molecule has 10 aromatic rings. The molecule has 0 spiro atoms. The molecule has 0 aliphatic heterocycles. The number of aryl methyl sites for hydroxylation is 1. The van der Waals surface area contributed by atoms with Gasteiger partial charge in [0.15, 0.2) is 0 Å². The highest BCUT2D eigenvalue weighted by Crippen LogP contribution is 2.51. The van der Waals surface area contributed by atoms with E-state index in [9.17, 15) is 0 Å². The Labute approximate surface area is 358 Å². The minimum atomic E-state index is -0.0847. The second kappa shape index (κ2) is 15.1. The van der Waals surface area contributed by atoms with Gasteiger partial charge in [0.25, 0.3) is 0 Å². The van der Waals surface area contributed by atoms with Crippen LogP contribution in [0, 0.1) is 0 Å². The molecule has 1 aliphatic rings. The van der Waals surface area contributed by atoms with E-state index in [2.05, 4.69) is 214 Å². The number of para-hydroxylation sites is 1. The van der Waals surface area contributed by atoms with Crippen LogP contribution in [0.15, 0.2) is 217 Å². The molecule has 1 heteroatoms. The van der Waals surface area contributed by atoms with E-state index < -0.39 is 0 Å². The SMILES string of the molecule is CC1(C)c2cc(-c3ccccc3)ccc2-c2ccc(C(CCc3ccc(-c4ccc(-c5ccc(-c6ccc7c(c6)oc6ccccc67)cc5)cc4)cc3)c3ccccc3)cc21. The van der Waals surface area contributed by atoms with Gasteiger partial charge in [-0.25, -0.2) is 0 Å². The zero-order valence-electron chi connectivity index (χ0n) is 34.6. The fourth-order valence-corrected chi connectivity index (χ4v) is 9.78. The topological polar surface area (TPSA) is 13.1 Å². The van der Waals surface area contributed by atoms with Gasteiger partial charge < -0.3 is 4.42 Å². The summed E-state index contributed by atoms with van der Waals surface area (Å²) in [7, 11) is 0. The average Bonchev–Trinajstić information content (AvgIpc) is 3.80. The first-order chi connectivity index (χ1) is 30.0. The number of hydrogen-bond donors (Lipinski definition) is 0. The van der Waals surface area contributed by atoms with Crippen molar-refractivity contribution in [2.45, 2.75) is 38.0 Å². The molecular weight excluding hydrogens is 737 g/mol. The van der Waals surface area contributed by atoms with Crippen molar-refractivity contribution in [2.24, 2.45) is 0 Å². The van der Waals surface area contributed by atoms with Crippen molar-refractivity contribution < 1.29 is 4.42 Å². The Morgan fingerprint density at radius 2 is 0.852 bits per heavy atom. The zero-order valence-corrected chi connectivity index (χ0v) is 34.6. The van der Waals surface area contributed by atoms with Crippen molar-refractivity contribution in [2.75, 3.05) is 0 Å². The third-order valence-electron chi connectivity index (χ3n) is 13.2. The van der Waals surface area contributed by atoms with Gasteiger partial charge in [-0.2, -0.15) is 0 Å². The lowest BCUT2D eigenvalue weighted by Crippen LogP contribution is -2.16. The summed E-state index contributed by atoms with van der Waals surface area (Å²) in [5.41, 5.74) is 21.2. The van der Waals surface area contributed by atoms with Gasteiger partial charge in [-0.1, -0.05) is 202 Å². The van der Waals surface area contributed by atoms with Crippen molar-refractivity contribution in [1.82, 2.24) is 0 Å². The van der Waals surface area contributed by atoms with E-state index in [1.807, 2.05) is 12.1 Å². The lowest BCUT2D eigenvalue weighted by atomic mass is 9.79.